The Kier molecular flexibility index (Phi) is 4.02. The van der Waals surface area contributed by atoms with Crippen molar-refractivity contribution in [1.29, 1.82) is 0 Å². The molecule has 21 heavy (non-hydrogen) atoms. The highest BCUT2D eigenvalue weighted by molar-refractivity contribution is 5.82. The van der Waals surface area contributed by atoms with Gasteiger partial charge in [-0.15, -0.1) is 0 Å². The Labute approximate surface area is 125 Å². The lowest BCUT2D eigenvalue weighted by atomic mass is 10.1. The number of aromatic nitrogens is 1. The summed E-state index contributed by atoms with van der Waals surface area (Å²) in [5, 5.41) is 4.75. The van der Waals surface area contributed by atoms with Crippen molar-refractivity contribution < 1.29 is 4.42 Å². The van der Waals surface area contributed by atoms with Gasteiger partial charge in [0.15, 0.2) is 0 Å². The number of fused-ring (bicyclic) bond motifs is 1. The van der Waals surface area contributed by atoms with Crippen LogP contribution in [0.3, 0.4) is 0 Å². The van der Waals surface area contributed by atoms with Crippen LogP contribution in [0.25, 0.3) is 11.0 Å². The van der Waals surface area contributed by atoms with Crippen LogP contribution in [0, 0.1) is 0 Å². The van der Waals surface area contributed by atoms with E-state index in [2.05, 4.69) is 36.3 Å². The molecule has 0 radical (unpaired) electrons. The second-order valence-corrected chi connectivity index (χ2v) is 5.21. The van der Waals surface area contributed by atoms with Gasteiger partial charge < -0.3 is 9.73 Å². The Hall–Kier alpha value is -2.13. The molecule has 108 valence electrons. The number of benzene rings is 1. The highest BCUT2D eigenvalue weighted by Gasteiger charge is 2.13. The van der Waals surface area contributed by atoms with E-state index in [1.807, 2.05) is 36.5 Å². The largest absolute Gasteiger partial charge is 0.461 e. The number of pyridine rings is 1. The average molecular weight is 280 g/mol. The molecule has 0 amide bonds. The third-order valence-electron chi connectivity index (χ3n) is 3.82. The first kappa shape index (κ1) is 13.8. The molecule has 0 fully saturated rings. The van der Waals surface area contributed by atoms with Crippen LogP contribution in [0.1, 0.15) is 36.9 Å². The van der Waals surface area contributed by atoms with E-state index in [1.165, 1.54) is 10.9 Å². The molecule has 0 unspecified atom stereocenters. The zero-order chi connectivity index (χ0) is 14.7. The first-order valence-electron chi connectivity index (χ1n) is 7.43. The number of nitrogens with one attached hydrogen (secondary N) is 1. The predicted octanol–water partition coefficient (Wildman–Crippen LogP) is 4.24. The molecule has 0 spiro atoms. The predicted molar refractivity (Wildman–Crippen MR) is 85.1 cm³/mol. The first-order valence-corrected chi connectivity index (χ1v) is 7.43. The second-order valence-electron chi connectivity index (χ2n) is 5.21. The Balaban J connectivity index is 1.82. The molecular weight excluding hydrogens is 260 g/mol. The summed E-state index contributed by atoms with van der Waals surface area (Å²) in [4.78, 5) is 4.40. The number of rotatable bonds is 5. The second kappa shape index (κ2) is 6.10. The van der Waals surface area contributed by atoms with Gasteiger partial charge in [0.05, 0.1) is 5.69 Å². The molecule has 0 aliphatic heterocycles. The van der Waals surface area contributed by atoms with Gasteiger partial charge in [-0.3, -0.25) is 4.98 Å². The molecule has 1 atom stereocenters. The van der Waals surface area contributed by atoms with Gasteiger partial charge in [-0.2, -0.15) is 0 Å². The molecule has 2 aromatic heterocycles. The Morgan fingerprint density at radius 1 is 1.14 bits per heavy atom. The van der Waals surface area contributed by atoms with Crippen molar-refractivity contribution in [3.63, 3.8) is 0 Å². The van der Waals surface area contributed by atoms with Crippen molar-refractivity contribution in [2.75, 3.05) is 0 Å². The van der Waals surface area contributed by atoms with Crippen molar-refractivity contribution >= 4 is 11.0 Å². The minimum atomic E-state index is 0.213. The van der Waals surface area contributed by atoms with E-state index < -0.39 is 0 Å². The quantitative estimate of drug-likeness (QED) is 0.759. The van der Waals surface area contributed by atoms with Crippen molar-refractivity contribution in [3.8, 4) is 0 Å². The maximum Gasteiger partial charge on any atom is 0.134 e. The molecule has 0 aliphatic carbocycles. The van der Waals surface area contributed by atoms with Crippen LogP contribution < -0.4 is 5.32 Å². The maximum absolute atomic E-state index is 5.93. The van der Waals surface area contributed by atoms with Crippen molar-refractivity contribution in [3.05, 3.63) is 65.7 Å². The standard InChI is InChI=1S/C18H20N2O/c1-3-17-15(14-8-4-5-10-18(14)21-17)12-20-13(2)16-9-6-7-11-19-16/h4-11,13,20H,3,12H2,1-2H3/t13-/m1/s1. The lowest BCUT2D eigenvalue weighted by molar-refractivity contribution is 0.526. The molecule has 0 saturated heterocycles. The summed E-state index contributed by atoms with van der Waals surface area (Å²) in [7, 11) is 0. The van der Waals surface area contributed by atoms with Gasteiger partial charge in [-0.1, -0.05) is 31.2 Å². The Morgan fingerprint density at radius 2 is 1.95 bits per heavy atom. The van der Waals surface area contributed by atoms with Gasteiger partial charge in [0, 0.05) is 36.2 Å². The number of hydrogen-bond donors (Lipinski definition) is 1. The topological polar surface area (TPSA) is 38.1 Å². The van der Waals surface area contributed by atoms with E-state index in [0.717, 1.165) is 30.0 Å². The number of aryl methyl sites for hydroxylation is 1. The monoisotopic (exact) mass is 280 g/mol. The molecule has 1 N–H and O–H groups in total. The van der Waals surface area contributed by atoms with Crippen LogP contribution in [0.2, 0.25) is 0 Å². The number of hydrogen-bond acceptors (Lipinski definition) is 3. The summed E-state index contributed by atoms with van der Waals surface area (Å²) in [5.74, 6) is 1.07. The van der Waals surface area contributed by atoms with Crippen LogP contribution in [0.15, 0.2) is 53.1 Å². The summed E-state index contributed by atoms with van der Waals surface area (Å²) in [6.07, 6.45) is 2.74. The van der Waals surface area contributed by atoms with Gasteiger partial charge >= 0.3 is 0 Å². The number of nitrogens with zero attached hydrogens (tertiary/aromatic N) is 1. The zero-order valence-electron chi connectivity index (χ0n) is 12.5. The molecule has 0 aliphatic rings. The Morgan fingerprint density at radius 3 is 2.71 bits per heavy atom. The molecule has 0 bridgehead atoms. The maximum atomic E-state index is 5.93. The molecule has 3 aromatic rings. The molecule has 3 rings (SSSR count). The summed E-state index contributed by atoms with van der Waals surface area (Å²) in [6.45, 7) is 5.05. The third-order valence-corrected chi connectivity index (χ3v) is 3.82. The minimum absolute atomic E-state index is 0.213. The van der Waals surface area contributed by atoms with E-state index in [-0.39, 0.29) is 6.04 Å². The van der Waals surface area contributed by atoms with Crippen LogP contribution in [0.5, 0.6) is 0 Å². The molecule has 0 saturated carbocycles. The highest BCUT2D eigenvalue weighted by atomic mass is 16.3. The molecule has 1 aromatic carbocycles. The third kappa shape index (κ3) is 2.83. The fourth-order valence-corrected chi connectivity index (χ4v) is 2.62. The minimum Gasteiger partial charge on any atom is -0.461 e. The van der Waals surface area contributed by atoms with E-state index in [4.69, 9.17) is 4.42 Å². The molecule has 3 nitrogen and oxygen atoms in total. The van der Waals surface area contributed by atoms with Gasteiger partial charge in [-0.25, -0.2) is 0 Å². The number of para-hydroxylation sites is 1. The van der Waals surface area contributed by atoms with Crippen molar-refractivity contribution in [2.24, 2.45) is 0 Å². The smallest absolute Gasteiger partial charge is 0.134 e. The fraction of sp³-hybridized carbons (Fsp3) is 0.278. The van der Waals surface area contributed by atoms with Gasteiger partial charge in [0.2, 0.25) is 0 Å². The zero-order valence-corrected chi connectivity index (χ0v) is 12.5. The fourth-order valence-electron chi connectivity index (χ4n) is 2.62. The van der Waals surface area contributed by atoms with E-state index in [9.17, 15) is 0 Å². The van der Waals surface area contributed by atoms with Crippen LogP contribution in [0.4, 0.5) is 0 Å². The Bertz CT molecular complexity index is 718. The van der Waals surface area contributed by atoms with E-state index in [0.29, 0.717) is 0 Å². The van der Waals surface area contributed by atoms with Gasteiger partial charge in [-0.05, 0) is 25.1 Å². The summed E-state index contributed by atoms with van der Waals surface area (Å²) >= 11 is 0. The lowest BCUT2D eigenvalue weighted by Gasteiger charge is -2.13. The van der Waals surface area contributed by atoms with Gasteiger partial charge in [0.25, 0.3) is 0 Å². The first-order chi connectivity index (χ1) is 10.3. The molecule has 2 heterocycles. The summed E-state index contributed by atoms with van der Waals surface area (Å²) < 4.78 is 5.93. The van der Waals surface area contributed by atoms with E-state index >= 15 is 0 Å². The van der Waals surface area contributed by atoms with Crippen LogP contribution in [-0.4, -0.2) is 4.98 Å². The molecular formula is C18H20N2O. The number of furan rings is 1. The van der Waals surface area contributed by atoms with Crippen molar-refractivity contribution in [1.82, 2.24) is 10.3 Å². The SMILES string of the molecule is CCc1oc2ccccc2c1CN[C@H](C)c1ccccn1. The lowest BCUT2D eigenvalue weighted by Crippen LogP contribution is -2.19. The van der Waals surface area contributed by atoms with Gasteiger partial charge in [0.1, 0.15) is 11.3 Å². The van der Waals surface area contributed by atoms with E-state index in [1.54, 1.807) is 0 Å². The summed E-state index contributed by atoms with van der Waals surface area (Å²) in [5.41, 5.74) is 3.29. The molecule has 3 heteroatoms. The van der Waals surface area contributed by atoms with Crippen molar-refractivity contribution in [2.45, 2.75) is 32.9 Å². The highest BCUT2D eigenvalue weighted by Crippen LogP contribution is 2.26. The normalized spacial score (nSPS) is 12.7. The summed E-state index contributed by atoms with van der Waals surface area (Å²) in [6, 6.07) is 14.4. The van der Waals surface area contributed by atoms with Crippen LogP contribution >= 0.6 is 0 Å². The average Bonchev–Trinajstić information content (AvgIpc) is 2.91. The van der Waals surface area contributed by atoms with Crippen LogP contribution in [-0.2, 0) is 13.0 Å².